The van der Waals surface area contributed by atoms with Gasteiger partial charge in [0.05, 0.1) is 5.56 Å². The summed E-state index contributed by atoms with van der Waals surface area (Å²) in [5.41, 5.74) is 7.93. The van der Waals surface area contributed by atoms with Crippen molar-refractivity contribution in [2.24, 2.45) is 11.7 Å². The molecular formula is C19H22ClN5O2. The minimum absolute atomic E-state index is 0.0486. The summed E-state index contributed by atoms with van der Waals surface area (Å²) in [6.07, 6.45) is 1.34. The maximum absolute atomic E-state index is 12.5. The van der Waals surface area contributed by atoms with Gasteiger partial charge >= 0.3 is 0 Å². The highest BCUT2D eigenvalue weighted by Gasteiger charge is 2.27. The average molecular weight is 388 g/mol. The number of anilines is 1. The summed E-state index contributed by atoms with van der Waals surface area (Å²) < 4.78 is 0. The van der Waals surface area contributed by atoms with Gasteiger partial charge in [-0.15, -0.1) is 10.2 Å². The quantitative estimate of drug-likeness (QED) is 0.817. The van der Waals surface area contributed by atoms with Crippen LogP contribution in [-0.2, 0) is 11.3 Å². The van der Waals surface area contributed by atoms with Gasteiger partial charge in [-0.1, -0.05) is 41.4 Å². The number of benzene rings is 1. The van der Waals surface area contributed by atoms with Crippen LogP contribution < -0.4 is 16.0 Å². The Morgan fingerprint density at radius 2 is 1.89 bits per heavy atom. The van der Waals surface area contributed by atoms with E-state index < -0.39 is 5.91 Å². The number of carbonyl (C=O) groups excluding carboxylic acids is 2. The first-order valence-corrected chi connectivity index (χ1v) is 9.23. The van der Waals surface area contributed by atoms with Gasteiger partial charge in [-0.3, -0.25) is 9.59 Å². The molecule has 1 aliphatic rings. The summed E-state index contributed by atoms with van der Waals surface area (Å²) in [4.78, 5) is 26.0. The molecule has 27 heavy (non-hydrogen) atoms. The molecule has 0 saturated carbocycles. The lowest BCUT2D eigenvalue weighted by molar-refractivity contribution is -0.125. The Balaban J connectivity index is 1.56. The molecule has 142 valence electrons. The number of carbonyl (C=O) groups is 2. The molecule has 0 spiro atoms. The molecule has 0 atom stereocenters. The molecule has 1 aromatic heterocycles. The van der Waals surface area contributed by atoms with E-state index in [0.717, 1.165) is 5.56 Å². The van der Waals surface area contributed by atoms with Gasteiger partial charge in [0, 0.05) is 25.6 Å². The Morgan fingerprint density at radius 3 is 2.52 bits per heavy atom. The Hall–Kier alpha value is -2.67. The van der Waals surface area contributed by atoms with Crippen molar-refractivity contribution < 1.29 is 9.59 Å². The molecule has 0 aliphatic carbocycles. The molecule has 2 heterocycles. The van der Waals surface area contributed by atoms with Crippen molar-refractivity contribution in [3.8, 4) is 0 Å². The van der Waals surface area contributed by atoms with Crippen LogP contribution in [-0.4, -0.2) is 35.1 Å². The third-order valence-corrected chi connectivity index (χ3v) is 4.95. The number of primary amides is 1. The smallest absolute Gasteiger partial charge is 0.252 e. The van der Waals surface area contributed by atoms with Gasteiger partial charge in [0.25, 0.3) is 5.91 Å². The molecule has 2 aromatic rings. The van der Waals surface area contributed by atoms with Gasteiger partial charge in [-0.2, -0.15) is 0 Å². The molecule has 0 bridgehead atoms. The SMILES string of the molecule is Cc1ccc(CNC(=O)C2CCN(c3nnc(Cl)cc3C(N)=O)CC2)cc1. The van der Waals surface area contributed by atoms with Gasteiger partial charge in [0.1, 0.15) is 0 Å². The number of piperidine rings is 1. The van der Waals surface area contributed by atoms with Crippen LogP contribution in [0.2, 0.25) is 5.15 Å². The molecule has 7 nitrogen and oxygen atoms in total. The minimum Gasteiger partial charge on any atom is -0.365 e. The number of nitrogens with two attached hydrogens (primary N) is 1. The molecule has 3 rings (SSSR count). The second-order valence-electron chi connectivity index (χ2n) is 6.73. The fourth-order valence-electron chi connectivity index (χ4n) is 3.17. The average Bonchev–Trinajstić information content (AvgIpc) is 2.67. The maximum atomic E-state index is 12.5. The van der Waals surface area contributed by atoms with Gasteiger partial charge < -0.3 is 16.0 Å². The number of rotatable bonds is 5. The largest absolute Gasteiger partial charge is 0.365 e. The van der Waals surface area contributed by atoms with Crippen LogP contribution in [0.4, 0.5) is 5.82 Å². The Kier molecular flexibility index (Phi) is 5.91. The molecule has 1 saturated heterocycles. The zero-order valence-electron chi connectivity index (χ0n) is 15.1. The topological polar surface area (TPSA) is 101 Å². The van der Waals surface area contributed by atoms with Crippen LogP contribution >= 0.6 is 11.6 Å². The third kappa shape index (κ3) is 4.74. The van der Waals surface area contributed by atoms with E-state index >= 15 is 0 Å². The van der Waals surface area contributed by atoms with E-state index in [1.807, 2.05) is 36.1 Å². The molecule has 3 N–H and O–H groups in total. The summed E-state index contributed by atoms with van der Waals surface area (Å²) >= 11 is 5.81. The Morgan fingerprint density at radius 1 is 1.22 bits per heavy atom. The maximum Gasteiger partial charge on any atom is 0.252 e. The molecule has 0 unspecified atom stereocenters. The van der Waals surface area contributed by atoms with Crippen LogP contribution in [0.3, 0.4) is 0 Å². The van der Waals surface area contributed by atoms with E-state index in [4.69, 9.17) is 17.3 Å². The zero-order chi connectivity index (χ0) is 19.4. The number of nitrogens with zero attached hydrogens (tertiary/aromatic N) is 3. The van der Waals surface area contributed by atoms with E-state index in [9.17, 15) is 9.59 Å². The van der Waals surface area contributed by atoms with Crippen molar-refractivity contribution in [1.29, 1.82) is 0 Å². The number of amides is 2. The molecule has 1 fully saturated rings. The molecule has 2 amide bonds. The monoisotopic (exact) mass is 387 g/mol. The van der Waals surface area contributed by atoms with Crippen molar-refractivity contribution in [1.82, 2.24) is 15.5 Å². The molecule has 0 radical (unpaired) electrons. The summed E-state index contributed by atoms with van der Waals surface area (Å²) in [6, 6.07) is 9.52. The van der Waals surface area contributed by atoms with Crippen molar-refractivity contribution >= 4 is 29.2 Å². The molecule has 1 aromatic carbocycles. The number of nitrogens with one attached hydrogen (secondary N) is 1. The van der Waals surface area contributed by atoms with Gasteiger partial charge in [0.15, 0.2) is 11.0 Å². The summed E-state index contributed by atoms with van der Waals surface area (Å²) in [5.74, 6) is -0.193. The lowest BCUT2D eigenvalue weighted by Crippen LogP contribution is -2.41. The van der Waals surface area contributed by atoms with Crippen LogP contribution in [0.25, 0.3) is 0 Å². The van der Waals surface area contributed by atoms with Crippen LogP contribution in [0.5, 0.6) is 0 Å². The van der Waals surface area contributed by atoms with Crippen molar-refractivity contribution in [3.63, 3.8) is 0 Å². The third-order valence-electron chi connectivity index (χ3n) is 4.76. The van der Waals surface area contributed by atoms with Gasteiger partial charge in [-0.25, -0.2) is 0 Å². The van der Waals surface area contributed by atoms with E-state index in [0.29, 0.717) is 38.3 Å². The normalized spacial score (nSPS) is 14.8. The van der Waals surface area contributed by atoms with Crippen molar-refractivity contribution in [2.45, 2.75) is 26.3 Å². The standard InChI is InChI=1S/C19H22ClN5O2/c1-12-2-4-13(5-3-12)11-22-19(27)14-6-8-25(9-7-14)18-15(17(21)26)10-16(20)23-24-18/h2-5,10,14H,6-9,11H2,1H3,(H2,21,26)(H,22,27). The highest BCUT2D eigenvalue weighted by Crippen LogP contribution is 2.25. The van der Waals surface area contributed by atoms with E-state index in [1.165, 1.54) is 11.6 Å². The second-order valence-corrected chi connectivity index (χ2v) is 7.12. The van der Waals surface area contributed by atoms with Gasteiger partial charge in [0.2, 0.25) is 5.91 Å². The van der Waals surface area contributed by atoms with E-state index in [2.05, 4.69) is 15.5 Å². The van der Waals surface area contributed by atoms with Crippen molar-refractivity contribution in [3.05, 3.63) is 52.2 Å². The Labute approximate surface area is 162 Å². The van der Waals surface area contributed by atoms with Gasteiger partial charge in [-0.05, 0) is 31.4 Å². The highest BCUT2D eigenvalue weighted by molar-refractivity contribution is 6.29. The highest BCUT2D eigenvalue weighted by atomic mass is 35.5. The summed E-state index contributed by atoms with van der Waals surface area (Å²) in [6.45, 7) is 3.75. The minimum atomic E-state index is -0.597. The Bertz CT molecular complexity index is 832. The lowest BCUT2D eigenvalue weighted by atomic mass is 9.95. The summed E-state index contributed by atoms with van der Waals surface area (Å²) in [5, 5.41) is 11.0. The number of hydrogen-bond acceptors (Lipinski definition) is 5. The first kappa shape index (κ1) is 19.1. The first-order valence-electron chi connectivity index (χ1n) is 8.85. The predicted octanol–water partition coefficient (Wildman–Crippen LogP) is 2.07. The zero-order valence-corrected chi connectivity index (χ0v) is 15.9. The lowest BCUT2D eigenvalue weighted by Gasteiger charge is -2.32. The van der Waals surface area contributed by atoms with E-state index in [1.54, 1.807) is 0 Å². The fraction of sp³-hybridized carbons (Fsp3) is 0.368. The molecule has 8 heteroatoms. The second kappa shape index (κ2) is 8.35. The fourth-order valence-corrected chi connectivity index (χ4v) is 3.32. The molecular weight excluding hydrogens is 366 g/mol. The van der Waals surface area contributed by atoms with Crippen LogP contribution in [0.1, 0.15) is 34.3 Å². The first-order chi connectivity index (χ1) is 12.9. The van der Waals surface area contributed by atoms with E-state index in [-0.39, 0.29) is 22.5 Å². The van der Waals surface area contributed by atoms with Crippen LogP contribution in [0, 0.1) is 12.8 Å². The number of halogens is 1. The number of hydrogen-bond donors (Lipinski definition) is 2. The van der Waals surface area contributed by atoms with Crippen molar-refractivity contribution in [2.75, 3.05) is 18.0 Å². The number of aryl methyl sites for hydroxylation is 1. The number of aromatic nitrogens is 2. The predicted molar refractivity (Wildman–Crippen MR) is 104 cm³/mol. The summed E-state index contributed by atoms with van der Waals surface area (Å²) in [7, 11) is 0. The van der Waals surface area contributed by atoms with Crippen LogP contribution in [0.15, 0.2) is 30.3 Å². The molecule has 1 aliphatic heterocycles.